The lowest BCUT2D eigenvalue weighted by Crippen LogP contribution is -2.26. The van der Waals surface area contributed by atoms with Crippen molar-refractivity contribution < 1.29 is 23.4 Å². The van der Waals surface area contributed by atoms with E-state index in [0.717, 1.165) is 0 Å². The molecule has 102 valence electrons. The molecule has 1 aromatic rings. The van der Waals surface area contributed by atoms with Crippen molar-refractivity contribution >= 4 is 16.0 Å². The van der Waals surface area contributed by atoms with Gasteiger partial charge in [-0.25, -0.2) is 17.9 Å². The number of aromatic carboxylic acids is 1. The first-order valence-electron chi connectivity index (χ1n) is 5.34. The minimum absolute atomic E-state index is 0.0437. The summed E-state index contributed by atoms with van der Waals surface area (Å²) in [6.07, 6.45) is 0.299. The largest absolute Gasteiger partial charge is 0.477 e. The lowest BCUT2D eigenvalue weighted by Gasteiger charge is -2.06. The molecule has 1 aromatic heterocycles. The quantitative estimate of drug-likeness (QED) is 0.545. The topological polar surface area (TPSA) is 119 Å². The van der Waals surface area contributed by atoms with Gasteiger partial charge in [-0.1, -0.05) is 0 Å². The van der Waals surface area contributed by atoms with Crippen LogP contribution in [0, 0.1) is 13.8 Å². The van der Waals surface area contributed by atoms with Crippen molar-refractivity contribution in [1.82, 2.24) is 9.71 Å². The molecule has 1 rings (SSSR count). The number of sulfonamides is 1. The fraction of sp³-hybridized carbons (Fsp3) is 0.500. The fourth-order valence-corrected chi connectivity index (χ4v) is 3.22. The summed E-state index contributed by atoms with van der Waals surface area (Å²) in [5.74, 6) is -1.20. The van der Waals surface area contributed by atoms with Gasteiger partial charge in [-0.2, -0.15) is 0 Å². The Morgan fingerprint density at radius 3 is 2.44 bits per heavy atom. The van der Waals surface area contributed by atoms with Gasteiger partial charge in [0.2, 0.25) is 10.0 Å². The Morgan fingerprint density at radius 1 is 1.39 bits per heavy atom. The molecule has 0 radical (unpaired) electrons. The summed E-state index contributed by atoms with van der Waals surface area (Å²) in [7, 11) is -3.76. The third-order valence-corrected chi connectivity index (χ3v) is 4.21. The average Bonchev–Trinajstić information content (AvgIpc) is 2.55. The second kappa shape index (κ2) is 5.51. The summed E-state index contributed by atoms with van der Waals surface area (Å²) in [6.45, 7) is 2.92. The molecule has 4 N–H and O–H groups in total. The van der Waals surface area contributed by atoms with Crippen LogP contribution in [0.25, 0.3) is 0 Å². The van der Waals surface area contributed by atoms with Gasteiger partial charge in [0.25, 0.3) is 0 Å². The molecule has 18 heavy (non-hydrogen) atoms. The standard InChI is InChI=1S/C10H16N2O5S/c1-6-8(10(14)15)12-7(2)9(6)18(16,17)11-4-3-5-13/h11-13H,3-5H2,1-2H3,(H,14,15). The highest BCUT2D eigenvalue weighted by Crippen LogP contribution is 2.22. The number of hydrogen-bond acceptors (Lipinski definition) is 4. The number of H-pyrrole nitrogens is 1. The molecular formula is C10H16N2O5S. The van der Waals surface area contributed by atoms with Gasteiger partial charge in [0, 0.05) is 24.4 Å². The van der Waals surface area contributed by atoms with E-state index in [1.807, 2.05) is 0 Å². The Balaban J connectivity index is 3.13. The lowest BCUT2D eigenvalue weighted by molar-refractivity contribution is 0.0690. The molecule has 0 fully saturated rings. The minimum atomic E-state index is -3.76. The van der Waals surface area contributed by atoms with Gasteiger partial charge in [-0.3, -0.25) is 0 Å². The Kier molecular flexibility index (Phi) is 4.49. The predicted molar refractivity (Wildman–Crippen MR) is 64.1 cm³/mol. The normalized spacial score (nSPS) is 11.7. The first-order chi connectivity index (χ1) is 8.31. The number of carbonyl (C=O) groups is 1. The number of hydrogen-bond donors (Lipinski definition) is 4. The molecule has 0 aliphatic carbocycles. The van der Waals surface area contributed by atoms with Gasteiger partial charge in [0.05, 0.1) is 0 Å². The third-order valence-electron chi connectivity index (χ3n) is 2.48. The van der Waals surface area contributed by atoms with E-state index in [2.05, 4.69) is 9.71 Å². The smallest absolute Gasteiger partial charge is 0.352 e. The van der Waals surface area contributed by atoms with Gasteiger partial charge in [-0.05, 0) is 20.3 Å². The molecule has 8 heteroatoms. The van der Waals surface area contributed by atoms with Crippen LogP contribution >= 0.6 is 0 Å². The van der Waals surface area contributed by atoms with E-state index in [4.69, 9.17) is 10.2 Å². The van der Waals surface area contributed by atoms with Crippen LogP contribution in [0.4, 0.5) is 0 Å². The van der Waals surface area contributed by atoms with E-state index in [-0.39, 0.29) is 35.0 Å². The summed E-state index contributed by atoms with van der Waals surface area (Å²) in [4.78, 5) is 13.4. The zero-order chi connectivity index (χ0) is 13.9. The van der Waals surface area contributed by atoms with Crippen molar-refractivity contribution in [2.45, 2.75) is 25.2 Å². The molecule has 0 spiro atoms. The molecule has 1 heterocycles. The van der Waals surface area contributed by atoms with Crippen molar-refractivity contribution in [2.24, 2.45) is 0 Å². The summed E-state index contributed by atoms with van der Waals surface area (Å²) >= 11 is 0. The van der Waals surface area contributed by atoms with Gasteiger partial charge in [0.1, 0.15) is 10.6 Å². The molecule has 7 nitrogen and oxygen atoms in total. The van der Waals surface area contributed by atoms with E-state index >= 15 is 0 Å². The van der Waals surface area contributed by atoms with Crippen molar-refractivity contribution in [2.75, 3.05) is 13.2 Å². The van der Waals surface area contributed by atoms with Crippen LogP contribution in [-0.4, -0.2) is 42.7 Å². The number of aliphatic hydroxyl groups is 1. The number of nitrogens with one attached hydrogen (secondary N) is 2. The molecule has 0 aromatic carbocycles. The number of aliphatic hydroxyl groups excluding tert-OH is 1. The van der Waals surface area contributed by atoms with E-state index in [1.54, 1.807) is 0 Å². The molecule has 0 atom stereocenters. The maximum absolute atomic E-state index is 12.0. The van der Waals surface area contributed by atoms with Gasteiger partial charge >= 0.3 is 5.97 Å². The Hall–Kier alpha value is -1.38. The Morgan fingerprint density at radius 2 is 2.00 bits per heavy atom. The van der Waals surface area contributed by atoms with Gasteiger partial charge < -0.3 is 15.2 Å². The SMILES string of the molecule is Cc1[nH]c(C(=O)O)c(C)c1S(=O)(=O)NCCCO. The minimum Gasteiger partial charge on any atom is -0.477 e. The highest BCUT2D eigenvalue weighted by Gasteiger charge is 2.25. The molecule has 0 aliphatic rings. The number of aromatic nitrogens is 1. The number of aryl methyl sites for hydroxylation is 1. The maximum atomic E-state index is 12.0. The number of carboxylic acids is 1. The van der Waals surface area contributed by atoms with Crippen LogP contribution in [0.15, 0.2) is 4.90 Å². The molecule has 0 amide bonds. The van der Waals surface area contributed by atoms with Crippen molar-refractivity contribution in [3.8, 4) is 0 Å². The number of carboxylic acid groups (broad SMARTS) is 1. The summed E-state index contributed by atoms with van der Waals surface area (Å²) in [5.41, 5.74) is 0.327. The van der Waals surface area contributed by atoms with Crippen molar-refractivity contribution in [3.63, 3.8) is 0 Å². The molecule has 0 saturated heterocycles. The van der Waals surface area contributed by atoms with Crippen LogP contribution in [0.1, 0.15) is 28.2 Å². The van der Waals surface area contributed by atoms with Gasteiger partial charge in [-0.15, -0.1) is 0 Å². The fourth-order valence-electron chi connectivity index (χ4n) is 1.71. The van der Waals surface area contributed by atoms with E-state index in [1.165, 1.54) is 13.8 Å². The Bertz CT molecular complexity index is 547. The summed E-state index contributed by atoms with van der Waals surface area (Å²) in [5, 5.41) is 17.5. The summed E-state index contributed by atoms with van der Waals surface area (Å²) in [6, 6.07) is 0. The second-order valence-electron chi connectivity index (χ2n) is 3.86. The first-order valence-corrected chi connectivity index (χ1v) is 6.82. The molecule has 0 aliphatic heterocycles. The van der Waals surface area contributed by atoms with Crippen LogP contribution < -0.4 is 4.72 Å². The zero-order valence-corrected chi connectivity index (χ0v) is 11.0. The molecule has 0 saturated carbocycles. The number of rotatable bonds is 6. The molecule has 0 unspecified atom stereocenters. The highest BCUT2D eigenvalue weighted by molar-refractivity contribution is 7.89. The van der Waals surface area contributed by atoms with Crippen molar-refractivity contribution in [3.05, 3.63) is 17.0 Å². The first kappa shape index (κ1) is 14.7. The Labute approximate surface area is 105 Å². The molecular weight excluding hydrogens is 260 g/mol. The monoisotopic (exact) mass is 276 g/mol. The van der Waals surface area contributed by atoms with Crippen LogP contribution in [0.3, 0.4) is 0 Å². The van der Waals surface area contributed by atoms with Crippen LogP contribution in [-0.2, 0) is 10.0 Å². The lowest BCUT2D eigenvalue weighted by atomic mass is 10.2. The highest BCUT2D eigenvalue weighted by atomic mass is 32.2. The second-order valence-corrected chi connectivity index (χ2v) is 5.56. The predicted octanol–water partition coefficient (Wildman–Crippen LogP) is -0.00956. The van der Waals surface area contributed by atoms with Crippen LogP contribution in [0.5, 0.6) is 0 Å². The zero-order valence-electron chi connectivity index (χ0n) is 10.1. The average molecular weight is 276 g/mol. The van der Waals surface area contributed by atoms with Crippen molar-refractivity contribution in [1.29, 1.82) is 0 Å². The molecule has 0 bridgehead atoms. The van der Waals surface area contributed by atoms with E-state index in [0.29, 0.717) is 6.42 Å². The van der Waals surface area contributed by atoms with E-state index < -0.39 is 16.0 Å². The number of aromatic amines is 1. The maximum Gasteiger partial charge on any atom is 0.352 e. The van der Waals surface area contributed by atoms with Gasteiger partial charge in [0.15, 0.2) is 0 Å². The third kappa shape index (κ3) is 2.89. The van der Waals surface area contributed by atoms with Crippen LogP contribution in [0.2, 0.25) is 0 Å². The van der Waals surface area contributed by atoms with E-state index in [9.17, 15) is 13.2 Å². The summed E-state index contributed by atoms with van der Waals surface area (Å²) < 4.78 is 26.3.